The lowest BCUT2D eigenvalue weighted by atomic mass is 9.83. The summed E-state index contributed by atoms with van der Waals surface area (Å²) in [5.41, 5.74) is 2.68. The number of anilines is 2. The van der Waals surface area contributed by atoms with Gasteiger partial charge in [-0.2, -0.15) is 0 Å². The third-order valence-electron chi connectivity index (χ3n) is 5.16. The summed E-state index contributed by atoms with van der Waals surface area (Å²) in [6.45, 7) is 6.02. The number of sulfone groups is 1. The zero-order valence-corrected chi connectivity index (χ0v) is 20.7. The summed E-state index contributed by atoms with van der Waals surface area (Å²) in [5.74, 6) is -0.141. The Balaban J connectivity index is 1.99. The van der Waals surface area contributed by atoms with Crippen LogP contribution in [0.25, 0.3) is 11.1 Å². The molecule has 1 amide bonds. The largest absolute Gasteiger partial charge is 0.496 e. The smallest absolute Gasteiger partial charge is 0.259 e. The van der Waals surface area contributed by atoms with Gasteiger partial charge in [0.2, 0.25) is 0 Å². The Morgan fingerprint density at radius 2 is 1.71 bits per heavy atom. The second-order valence-electron chi connectivity index (χ2n) is 9.05. The molecule has 1 heterocycles. The highest BCUT2D eigenvalue weighted by Crippen LogP contribution is 2.38. The summed E-state index contributed by atoms with van der Waals surface area (Å²) < 4.78 is 28.3. The molecule has 0 saturated carbocycles. The fourth-order valence-corrected chi connectivity index (χ4v) is 3.89. The maximum absolute atomic E-state index is 13.3. The van der Waals surface area contributed by atoms with Crippen molar-refractivity contribution in [2.45, 2.75) is 26.2 Å². The molecule has 0 saturated heterocycles. The Hall–Kier alpha value is -3.59. The number of benzene rings is 2. The number of hydrogen-bond donors (Lipinski definition) is 3. The molecular weight excluding hydrogens is 454 g/mol. The van der Waals surface area contributed by atoms with Crippen LogP contribution in [0.3, 0.4) is 0 Å². The minimum Gasteiger partial charge on any atom is -0.496 e. The van der Waals surface area contributed by atoms with E-state index in [1.807, 2.05) is 26.8 Å². The number of carbonyl (C=O) groups is 1. The summed E-state index contributed by atoms with van der Waals surface area (Å²) in [4.78, 5) is 28.4. The summed E-state index contributed by atoms with van der Waals surface area (Å²) in [6, 6.07) is 13.7. The number of amides is 1. The molecule has 0 spiro atoms. The fourth-order valence-electron chi connectivity index (χ4n) is 3.46. The van der Waals surface area contributed by atoms with Crippen molar-refractivity contribution < 1.29 is 17.9 Å². The van der Waals surface area contributed by atoms with Gasteiger partial charge in [-0.15, -0.1) is 0 Å². The molecule has 0 radical (unpaired) electrons. The van der Waals surface area contributed by atoms with E-state index >= 15 is 0 Å². The third-order valence-corrected chi connectivity index (χ3v) is 5.82. The van der Waals surface area contributed by atoms with E-state index in [9.17, 15) is 18.0 Å². The van der Waals surface area contributed by atoms with Crippen molar-refractivity contribution in [1.82, 2.24) is 4.98 Å². The molecule has 8 nitrogen and oxygen atoms in total. The summed E-state index contributed by atoms with van der Waals surface area (Å²) >= 11 is 0. The number of rotatable bonds is 7. The first-order valence-corrected chi connectivity index (χ1v) is 12.7. The predicted molar refractivity (Wildman–Crippen MR) is 135 cm³/mol. The Morgan fingerprint density at radius 1 is 1.06 bits per heavy atom. The Labute approximate surface area is 199 Å². The SMILES string of the molecule is COc1c(C(=O)Nc2ccc(NCS(C)(=O)=O)cc2)cc(-c2ccc[nH]c2=O)cc1C(C)(C)C. The molecule has 0 unspecified atom stereocenters. The quantitative estimate of drug-likeness (QED) is 0.467. The van der Waals surface area contributed by atoms with Crippen LogP contribution in [0.5, 0.6) is 5.75 Å². The lowest BCUT2D eigenvalue weighted by molar-refractivity contribution is 0.102. The van der Waals surface area contributed by atoms with Gasteiger partial charge >= 0.3 is 0 Å². The Bertz CT molecular complexity index is 1350. The fraction of sp³-hybridized carbons (Fsp3) is 0.280. The summed E-state index contributed by atoms with van der Waals surface area (Å²) in [7, 11) is -1.65. The Morgan fingerprint density at radius 3 is 2.26 bits per heavy atom. The van der Waals surface area contributed by atoms with E-state index in [0.29, 0.717) is 33.8 Å². The van der Waals surface area contributed by atoms with Gasteiger partial charge in [-0.05, 0) is 59.5 Å². The lowest BCUT2D eigenvalue weighted by Gasteiger charge is -2.25. The normalized spacial score (nSPS) is 11.7. The number of methoxy groups -OCH3 is 1. The molecule has 3 aromatic rings. The first-order chi connectivity index (χ1) is 15.9. The number of pyridine rings is 1. The highest BCUT2D eigenvalue weighted by atomic mass is 32.2. The molecular formula is C25H29N3O5S. The standard InChI is InChI=1S/C25H29N3O5S/c1-25(2,3)21-14-16(19-7-6-12-26-23(19)29)13-20(22(21)33-4)24(30)28-18-10-8-17(9-11-18)27-15-34(5,31)32/h6-14,27H,15H2,1-5H3,(H,26,29)(H,28,30). The molecule has 0 fully saturated rings. The number of ether oxygens (including phenoxy) is 1. The molecule has 2 aromatic carbocycles. The summed E-state index contributed by atoms with van der Waals surface area (Å²) in [6.07, 6.45) is 2.70. The minimum atomic E-state index is -3.16. The highest BCUT2D eigenvalue weighted by Gasteiger charge is 2.26. The van der Waals surface area contributed by atoms with Gasteiger partial charge in [0.1, 0.15) is 11.6 Å². The molecule has 0 aliphatic carbocycles. The van der Waals surface area contributed by atoms with Crippen LogP contribution in [0.4, 0.5) is 11.4 Å². The second-order valence-corrected chi connectivity index (χ2v) is 11.2. The van der Waals surface area contributed by atoms with Gasteiger partial charge in [-0.3, -0.25) is 9.59 Å². The molecule has 0 bridgehead atoms. The van der Waals surface area contributed by atoms with Gasteiger partial charge in [0, 0.05) is 35.0 Å². The third kappa shape index (κ3) is 6.05. The van der Waals surface area contributed by atoms with Crippen LogP contribution in [0, 0.1) is 0 Å². The molecule has 0 aliphatic rings. The van der Waals surface area contributed by atoms with E-state index < -0.39 is 15.7 Å². The van der Waals surface area contributed by atoms with E-state index in [4.69, 9.17) is 4.74 Å². The van der Waals surface area contributed by atoms with Gasteiger partial charge in [0.15, 0.2) is 9.84 Å². The molecule has 0 aliphatic heterocycles. The zero-order chi connectivity index (χ0) is 25.1. The monoisotopic (exact) mass is 483 g/mol. The van der Waals surface area contributed by atoms with E-state index in [1.54, 1.807) is 48.7 Å². The van der Waals surface area contributed by atoms with Crippen molar-refractivity contribution in [2.24, 2.45) is 0 Å². The highest BCUT2D eigenvalue weighted by molar-refractivity contribution is 7.90. The molecule has 3 rings (SSSR count). The van der Waals surface area contributed by atoms with Crippen LogP contribution in [0.1, 0.15) is 36.7 Å². The molecule has 1 aromatic heterocycles. The number of nitrogens with one attached hydrogen (secondary N) is 3. The van der Waals surface area contributed by atoms with Crippen molar-refractivity contribution in [3.05, 3.63) is 76.2 Å². The number of aromatic amines is 1. The van der Waals surface area contributed by atoms with E-state index in [1.165, 1.54) is 7.11 Å². The van der Waals surface area contributed by atoms with E-state index in [0.717, 1.165) is 11.8 Å². The molecule has 0 atom stereocenters. The maximum Gasteiger partial charge on any atom is 0.259 e. The Kier molecular flexibility index (Phi) is 7.16. The van der Waals surface area contributed by atoms with E-state index in [2.05, 4.69) is 15.6 Å². The van der Waals surface area contributed by atoms with Crippen molar-refractivity contribution in [1.29, 1.82) is 0 Å². The molecule has 3 N–H and O–H groups in total. The summed E-state index contributed by atoms with van der Waals surface area (Å²) in [5, 5.41) is 5.67. The van der Waals surface area contributed by atoms with Crippen LogP contribution in [0.15, 0.2) is 59.5 Å². The second kappa shape index (κ2) is 9.72. The minimum absolute atomic E-state index is 0.184. The molecule has 9 heteroatoms. The van der Waals surface area contributed by atoms with Gasteiger partial charge in [0.05, 0.1) is 12.7 Å². The van der Waals surface area contributed by atoms with Crippen molar-refractivity contribution in [2.75, 3.05) is 29.9 Å². The number of H-pyrrole nitrogens is 1. The first kappa shape index (κ1) is 25.0. The maximum atomic E-state index is 13.3. The van der Waals surface area contributed by atoms with Gasteiger partial charge in [-0.1, -0.05) is 20.8 Å². The molecule has 34 heavy (non-hydrogen) atoms. The number of hydrogen-bond acceptors (Lipinski definition) is 6. The molecule has 180 valence electrons. The van der Waals surface area contributed by atoms with Crippen LogP contribution in [-0.4, -0.2) is 38.6 Å². The zero-order valence-electron chi connectivity index (χ0n) is 19.9. The topological polar surface area (TPSA) is 117 Å². The first-order valence-electron chi connectivity index (χ1n) is 10.6. The lowest BCUT2D eigenvalue weighted by Crippen LogP contribution is -2.19. The number of aromatic nitrogens is 1. The van der Waals surface area contributed by atoms with E-state index in [-0.39, 0.29) is 16.9 Å². The van der Waals surface area contributed by atoms with Crippen LogP contribution in [-0.2, 0) is 15.3 Å². The average molecular weight is 484 g/mol. The predicted octanol–water partition coefficient (Wildman–Crippen LogP) is 4.01. The van der Waals surface area contributed by atoms with Crippen LogP contribution < -0.4 is 20.9 Å². The van der Waals surface area contributed by atoms with Gasteiger partial charge < -0.3 is 20.4 Å². The van der Waals surface area contributed by atoms with Crippen LogP contribution in [0.2, 0.25) is 0 Å². The van der Waals surface area contributed by atoms with Crippen molar-refractivity contribution in [3.63, 3.8) is 0 Å². The van der Waals surface area contributed by atoms with Gasteiger partial charge in [0.25, 0.3) is 11.5 Å². The van der Waals surface area contributed by atoms with Gasteiger partial charge in [-0.25, -0.2) is 8.42 Å². The number of carbonyl (C=O) groups excluding carboxylic acids is 1. The van der Waals surface area contributed by atoms with Crippen molar-refractivity contribution in [3.8, 4) is 16.9 Å². The average Bonchev–Trinajstić information content (AvgIpc) is 2.77. The van der Waals surface area contributed by atoms with Crippen LogP contribution >= 0.6 is 0 Å². The van der Waals surface area contributed by atoms with Crippen molar-refractivity contribution >= 4 is 27.1 Å².